The Bertz CT molecular complexity index is 647. The van der Waals surface area contributed by atoms with Crippen molar-refractivity contribution in [3.8, 4) is 0 Å². The van der Waals surface area contributed by atoms with E-state index in [2.05, 4.69) is 5.32 Å². The van der Waals surface area contributed by atoms with E-state index in [1.54, 1.807) is 25.2 Å². The summed E-state index contributed by atoms with van der Waals surface area (Å²) in [5, 5.41) is 3.50. The van der Waals surface area contributed by atoms with Gasteiger partial charge in [0, 0.05) is 15.6 Å². The van der Waals surface area contributed by atoms with Crippen molar-refractivity contribution in [2.75, 3.05) is 7.05 Å². The van der Waals surface area contributed by atoms with E-state index in [-0.39, 0.29) is 10.6 Å². The summed E-state index contributed by atoms with van der Waals surface area (Å²) < 4.78 is 27.6. The first-order valence-corrected chi connectivity index (χ1v) is 6.84. The summed E-state index contributed by atoms with van der Waals surface area (Å²) in [6.07, 6.45) is 0. The quantitative estimate of drug-likeness (QED) is 0.756. The molecule has 2 aromatic carbocycles. The predicted octanol–water partition coefficient (Wildman–Crippen LogP) is 5.23. The standard InChI is InChI=1S/C14H10Cl3F2N/c1-20-14(8-4-7(15)2-3-10(8)16)9-5-13(19)11(17)6-12(9)18/h2-6,14,20H,1H3. The van der Waals surface area contributed by atoms with Gasteiger partial charge in [-0.3, -0.25) is 0 Å². The molecule has 0 saturated heterocycles. The molecule has 0 aromatic heterocycles. The van der Waals surface area contributed by atoms with Crippen LogP contribution in [0.4, 0.5) is 8.78 Å². The summed E-state index contributed by atoms with van der Waals surface area (Å²) in [7, 11) is 1.62. The van der Waals surface area contributed by atoms with E-state index in [9.17, 15) is 8.78 Å². The minimum absolute atomic E-state index is 0.110. The zero-order valence-corrected chi connectivity index (χ0v) is 12.6. The second kappa shape index (κ2) is 6.27. The Morgan fingerprint density at radius 3 is 2.25 bits per heavy atom. The highest BCUT2D eigenvalue weighted by molar-refractivity contribution is 6.33. The van der Waals surface area contributed by atoms with Crippen molar-refractivity contribution in [3.05, 3.63) is 68.2 Å². The lowest BCUT2D eigenvalue weighted by atomic mass is 9.98. The number of hydrogen-bond acceptors (Lipinski definition) is 1. The molecule has 0 aliphatic rings. The second-order valence-electron chi connectivity index (χ2n) is 4.18. The predicted molar refractivity (Wildman–Crippen MR) is 78.7 cm³/mol. The van der Waals surface area contributed by atoms with Crippen molar-refractivity contribution in [2.45, 2.75) is 6.04 Å². The van der Waals surface area contributed by atoms with Crippen LogP contribution < -0.4 is 5.32 Å². The number of rotatable bonds is 3. The average Bonchev–Trinajstić information content (AvgIpc) is 2.40. The molecular weight excluding hydrogens is 327 g/mol. The number of halogens is 5. The molecule has 1 N–H and O–H groups in total. The normalized spacial score (nSPS) is 12.5. The molecule has 0 heterocycles. The lowest BCUT2D eigenvalue weighted by molar-refractivity contribution is 0.558. The highest BCUT2D eigenvalue weighted by Gasteiger charge is 2.21. The van der Waals surface area contributed by atoms with Gasteiger partial charge in [0.05, 0.1) is 11.1 Å². The molecule has 106 valence electrons. The maximum Gasteiger partial charge on any atom is 0.142 e. The molecule has 1 nitrogen and oxygen atoms in total. The molecule has 0 radical (unpaired) electrons. The van der Waals surface area contributed by atoms with Crippen molar-refractivity contribution in [2.24, 2.45) is 0 Å². The first-order chi connectivity index (χ1) is 9.43. The van der Waals surface area contributed by atoms with Crippen LogP contribution in [0.25, 0.3) is 0 Å². The topological polar surface area (TPSA) is 12.0 Å². The van der Waals surface area contributed by atoms with Crippen molar-refractivity contribution >= 4 is 34.8 Å². The van der Waals surface area contributed by atoms with Gasteiger partial charge in [-0.2, -0.15) is 0 Å². The summed E-state index contributed by atoms with van der Waals surface area (Å²) in [6, 6.07) is 6.20. The molecule has 0 aliphatic carbocycles. The van der Waals surface area contributed by atoms with Crippen molar-refractivity contribution in [1.82, 2.24) is 5.32 Å². The third kappa shape index (κ3) is 3.07. The minimum Gasteiger partial charge on any atom is -0.309 e. The van der Waals surface area contributed by atoms with Gasteiger partial charge < -0.3 is 5.32 Å². The van der Waals surface area contributed by atoms with E-state index in [0.29, 0.717) is 15.6 Å². The van der Waals surface area contributed by atoms with Crippen molar-refractivity contribution < 1.29 is 8.78 Å². The van der Waals surface area contributed by atoms with Gasteiger partial charge >= 0.3 is 0 Å². The van der Waals surface area contributed by atoms with Crippen LogP contribution in [-0.4, -0.2) is 7.05 Å². The van der Waals surface area contributed by atoms with Gasteiger partial charge in [-0.05, 0) is 42.9 Å². The SMILES string of the molecule is CNC(c1cc(F)c(Cl)cc1F)c1cc(Cl)ccc1Cl. The highest BCUT2D eigenvalue weighted by atomic mass is 35.5. The van der Waals surface area contributed by atoms with Crippen LogP contribution in [-0.2, 0) is 0 Å². The van der Waals surface area contributed by atoms with E-state index >= 15 is 0 Å². The number of nitrogens with one attached hydrogen (secondary N) is 1. The summed E-state index contributed by atoms with van der Waals surface area (Å²) in [6.45, 7) is 0. The third-order valence-electron chi connectivity index (χ3n) is 2.91. The van der Waals surface area contributed by atoms with E-state index in [0.717, 1.165) is 12.1 Å². The number of benzene rings is 2. The van der Waals surface area contributed by atoms with Crippen molar-refractivity contribution in [3.63, 3.8) is 0 Å². The van der Waals surface area contributed by atoms with Gasteiger partial charge in [0.25, 0.3) is 0 Å². The summed E-state index contributed by atoms with van der Waals surface area (Å²) in [5.41, 5.74) is 0.667. The molecule has 2 rings (SSSR count). The van der Waals surface area contributed by atoms with Crippen LogP contribution in [0.1, 0.15) is 17.2 Å². The summed E-state index contributed by atoms with van der Waals surface area (Å²) in [4.78, 5) is 0. The Labute approximate surface area is 130 Å². The molecule has 6 heteroatoms. The molecule has 0 fully saturated rings. The fraction of sp³-hybridized carbons (Fsp3) is 0.143. The molecular formula is C14H10Cl3F2N. The zero-order valence-electron chi connectivity index (χ0n) is 10.4. The van der Waals surface area contributed by atoms with Gasteiger partial charge in [0.2, 0.25) is 0 Å². The maximum absolute atomic E-state index is 14.0. The molecule has 0 spiro atoms. The van der Waals surface area contributed by atoms with Crippen LogP contribution in [0.2, 0.25) is 15.1 Å². The maximum atomic E-state index is 14.0. The van der Waals surface area contributed by atoms with Gasteiger partial charge in [0.1, 0.15) is 11.6 Å². The van der Waals surface area contributed by atoms with Gasteiger partial charge in [-0.1, -0.05) is 34.8 Å². The largest absolute Gasteiger partial charge is 0.309 e. The van der Waals surface area contributed by atoms with Crippen molar-refractivity contribution in [1.29, 1.82) is 0 Å². The smallest absolute Gasteiger partial charge is 0.142 e. The van der Waals surface area contributed by atoms with Crippen LogP contribution in [0, 0.1) is 11.6 Å². The first-order valence-electron chi connectivity index (χ1n) is 5.70. The van der Waals surface area contributed by atoms with Crippen LogP contribution in [0.3, 0.4) is 0 Å². The van der Waals surface area contributed by atoms with Gasteiger partial charge in [0.15, 0.2) is 0 Å². The molecule has 20 heavy (non-hydrogen) atoms. The minimum atomic E-state index is -0.693. The lowest BCUT2D eigenvalue weighted by Crippen LogP contribution is -2.19. The highest BCUT2D eigenvalue weighted by Crippen LogP contribution is 2.33. The van der Waals surface area contributed by atoms with Gasteiger partial charge in [-0.25, -0.2) is 8.78 Å². The fourth-order valence-corrected chi connectivity index (χ4v) is 2.53. The molecule has 1 atom stereocenters. The fourth-order valence-electron chi connectivity index (χ4n) is 1.97. The van der Waals surface area contributed by atoms with E-state index < -0.39 is 17.7 Å². The van der Waals surface area contributed by atoms with E-state index in [1.807, 2.05) is 0 Å². The van der Waals surface area contributed by atoms with E-state index in [4.69, 9.17) is 34.8 Å². The molecule has 2 aromatic rings. The second-order valence-corrected chi connectivity index (χ2v) is 5.43. The molecule has 0 amide bonds. The van der Waals surface area contributed by atoms with Gasteiger partial charge in [-0.15, -0.1) is 0 Å². The molecule has 1 unspecified atom stereocenters. The van der Waals surface area contributed by atoms with Crippen LogP contribution in [0.5, 0.6) is 0 Å². The molecule has 0 bridgehead atoms. The average molecular weight is 337 g/mol. The van der Waals surface area contributed by atoms with E-state index in [1.165, 1.54) is 0 Å². The van der Waals surface area contributed by atoms with Crippen LogP contribution in [0.15, 0.2) is 30.3 Å². The summed E-state index contributed by atoms with van der Waals surface area (Å²) >= 11 is 17.6. The number of hydrogen-bond donors (Lipinski definition) is 1. The Hall–Kier alpha value is -0.870. The monoisotopic (exact) mass is 335 g/mol. The Kier molecular flexibility index (Phi) is 4.86. The first kappa shape index (κ1) is 15.5. The Balaban J connectivity index is 2.58. The molecule has 0 aliphatic heterocycles. The zero-order chi connectivity index (χ0) is 14.9. The van der Waals surface area contributed by atoms with Crippen LogP contribution >= 0.6 is 34.8 Å². The summed E-state index contributed by atoms with van der Waals surface area (Å²) in [5.74, 6) is -1.31. The Morgan fingerprint density at radius 2 is 1.60 bits per heavy atom. The Morgan fingerprint density at radius 1 is 0.900 bits per heavy atom. The molecule has 0 saturated carbocycles. The third-order valence-corrected chi connectivity index (χ3v) is 3.78. The lowest BCUT2D eigenvalue weighted by Gasteiger charge is -2.20.